The van der Waals surface area contributed by atoms with E-state index in [-0.39, 0.29) is 5.56 Å². The van der Waals surface area contributed by atoms with E-state index in [4.69, 9.17) is 5.11 Å². The number of benzene rings is 1. The van der Waals surface area contributed by atoms with Crippen molar-refractivity contribution in [1.29, 1.82) is 0 Å². The Hall–Kier alpha value is -1.82. The molecule has 1 aromatic carbocycles. The summed E-state index contributed by atoms with van der Waals surface area (Å²) in [5, 5.41) is 13.0. The second kappa shape index (κ2) is 4.45. The molecule has 0 saturated heterocycles. The lowest BCUT2D eigenvalue weighted by Gasteiger charge is -2.13. The van der Waals surface area contributed by atoms with Crippen LogP contribution < -0.4 is 0 Å². The molecule has 1 aromatic heterocycles. The molecule has 0 fully saturated rings. The fourth-order valence-corrected chi connectivity index (χ4v) is 1.67. The molecule has 0 atom stereocenters. The molecule has 0 saturated carbocycles. The van der Waals surface area contributed by atoms with Crippen LogP contribution in [0.2, 0.25) is 0 Å². The summed E-state index contributed by atoms with van der Waals surface area (Å²) < 4.78 is 39.8. The van der Waals surface area contributed by atoms with E-state index >= 15 is 0 Å². The number of aliphatic hydroxyl groups excluding tert-OH is 1. The van der Waals surface area contributed by atoms with Crippen LogP contribution in [0.25, 0.3) is 5.69 Å². The van der Waals surface area contributed by atoms with E-state index in [1.165, 1.54) is 16.8 Å². The first-order valence-corrected chi connectivity index (χ1v) is 5.25. The van der Waals surface area contributed by atoms with Crippen LogP contribution in [-0.2, 0) is 12.8 Å². The Morgan fingerprint density at radius 2 is 2.00 bits per heavy atom. The summed E-state index contributed by atoms with van der Waals surface area (Å²) in [5.74, 6) is 0. The van der Waals surface area contributed by atoms with Crippen molar-refractivity contribution < 1.29 is 18.3 Å². The summed E-state index contributed by atoms with van der Waals surface area (Å²) in [4.78, 5) is 0. The Kier molecular flexibility index (Phi) is 3.13. The molecule has 2 rings (SSSR count). The van der Waals surface area contributed by atoms with Crippen molar-refractivity contribution in [3.05, 3.63) is 47.3 Å². The monoisotopic (exact) mass is 256 g/mol. The van der Waals surface area contributed by atoms with Crippen LogP contribution in [0, 0.1) is 6.92 Å². The maximum absolute atomic E-state index is 12.8. The Morgan fingerprint density at radius 1 is 1.28 bits per heavy atom. The first-order chi connectivity index (χ1) is 8.41. The van der Waals surface area contributed by atoms with Crippen molar-refractivity contribution in [1.82, 2.24) is 9.78 Å². The summed E-state index contributed by atoms with van der Waals surface area (Å²) in [6.07, 6.45) is -2.90. The van der Waals surface area contributed by atoms with E-state index in [0.717, 1.165) is 11.8 Å². The van der Waals surface area contributed by atoms with Gasteiger partial charge in [-0.05, 0) is 30.7 Å². The molecular weight excluding hydrogens is 245 g/mol. The van der Waals surface area contributed by atoms with Crippen molar-refractivity contribution in [3.8, 4) is 5.69 Å². The maximum Gasteiger partial charge on any atom is 0.416 e. The molecule has 0 bridgehead atoms. The standard InChI is InChI=1S/C12H11F3N2O/c1-8-4-5-17(16-8)10-3-2-9(7-18)11(6-10)12(13,14)15/h2-6,18H,7H2,1H3. The van der Waals surface area contributed by atoms with Gasteiger partial charge in [-0.1, -0.05) is 6.07 Å². The molecule has 18 heavy (non-hydrogen) atoms. The molecule has 2 aromatic rings. The van der Waals surface area contributed by atoms with Crippen molar-refractivity contribution in [2.45, 2.75) is 19.7 Å². The van der Waals surface area contributed by atoms with Gasteiger partial charge >= 0.3 is 6.18 Å². The normalized spacial score (nSPS) is 11.8. The number of hydrogen-bond acceptors (Lipinski definition) is 2. The number of alkyl halides is 3. The van der Waals surface area contributed by atoms with Crippen LogP contribution in [0.1, 0.15) is 16.8 Å². The minimum Gasteiger partial charge on any atom is -0.392 e. The van der Waals surface area contributed by atoms with Gasteiger partial charge in [-0.15, -0.1) is 0 Å². The number of aromatic nitrogens is 2. The molecule has 0 spiro atoms. The minimum absolute atomic E-state index is 0.143. The summed E-state index contributed by atoms with van der Waals surface area (Å²) in [5.41, 5.74) is 0.0493. The van der Waals surface area contributed by atoms with Crippen LogP contribution in [-0.4, -0.2) is 14.9 Å². The fourth-order valence-electron chi connectivity index (χ4n) is 1.67. The molecule has 0 radical (unpaired) electrons. The van der Waals surface area contributed by atoms with Gasteiger partial charge in [0.05, 0.1) is 23.6 Å². The van der Waals surface area contributed by atoms with Gasteiger partial charge in [0.1, 0.15) is 0 Å². The SMILES string of the molecule is Cc1ccn(-c2ccc(CO)c(C(F)(F)F)c2)n1. The summed E-state index contributed by atoms with van der Waals surface area (Å²) in [7, 11) is 0. The molecule has 1 N–H and O–H groups in total. The van der Waals surface area contributed by atoms with Gasteiger partial charge in [-0.3, -0.25) is 0 Å². The van der Waals surface area contributed by atoms with Gasteiger partial charge in [0.15, 0.2) is 0 Å². The fraction of sp³-hybridized carbons (Fsp3) is 0.250. The lowest BCUT2D eigenvalue weighted by molar-refractivity contribution is -0.138. The average Bonchev–Trinajstić information content (AvgIpc) is 2.74. The van der Waals surface area contributed by atoms with E-state index in [2.05, 4.69) is 5.10 Å². The zero-order valence-corrected chi connectivity index (χ0v) is 9.57. The highest BCUT2D eigenvalue weighted by atomic mass is 19.4. The largest absolute Gasteiger partial charge is 0.416 e. The molecule has 0 amide bonds. The lowest BCUT2D eigenvalue weighted by atomic mass is 10.1. The van der Waals surface area contributed by atoms with Crippen molar-refractivity contribution in [2.24, 2.45) is 0 Å². The predicted octanol–water partition coefficient (Wildman–Crippen LogP) is 2.69. The minimum atomic E-state index is -4.49. The van der Waals surface area contributed by atoms with E-state index in [1.54, 1.807) is 19.2 Å². The number of halogens is 3. The van der Waals surface area contributed by atoms with Crippen molar-refractivity contribution in [2.75, 3.05) is 0 Å². The van der Waals surface area contributed by atoms with Crippen molar-refractivity contribution in [3.63, 3.8) is 0 Å². The number of rotatable bonds is 2. The molecule has 0 unspecified atom stereocenters. The molecule has 0 aliphatic rings. The first kappa shape index (κ1) is 12.6. The predicted molar refractivity (Wildman–Crippen MR) is 59.2 cm³/mol. The third kappa shape index (κ3) is 2.38. The average molecular weight is 256 g/mol. The third-order valence-corrected chi connectivity index (χ3v) is 2.56. The Labute approximate surface area is 101 Å². The van der Waals surface area contributed by atoms with Gasteiger partial charge in [-0.2, -0.15) is 18.3 Å². The summed E-state index contributed by atoms with van der Waals surface area (Å²) in [6.45, 7) is 1.11. The quantitative estimate of drug-likeness (QED) is 0.897. The summed E-state index contributed by atoms with van der Waals surface area (Å²) >= 11 is 0. The van der Waals surface area contributed by atoms with Crippen LogP contribution in [0.4, 0.5) is 13.2 Å². The van der Waals surface area contributed by atoms with Crippen LogP contribution >= 0.6 is 0 Å². The van der Waals surface area contributed by atoms with Gasteiger partial charge in [0, 0.05) is 6.20 Å². The lowest BCUT2D eigenvalue weighted by Crippen LogP contribution is -2.10. The van der Waals surface area contributed by atoms with Gasteiger partial charge in [-0.25, -0.2) is 4.68 Å². The highest BCUT2D eigenvalue weighted by Crippen LogP contribution is 2.33. The molecule has 1 heterocycles. The smallest absolute Gasteiger partial charge is 0.392 e. The zero-order valence-electron chi connectivity index (χ0n) is 9.57. The molecule has 3 nitrogen and oxygen atoms in total. The van der Waals surface area contributed by atoms with E-state index in [0.29, 0.717) is 5.69 Å². The number of hydrogen-bond donors (Lipinski definition) is 1. The van der Waals surface area contributed by atoms with Crippen LogP contribution in [0.3, 0.4) is 0 Å². The van der Waals surface area contributed by atoms with E-state index in [1.807, 2.05) is 0 Å². The van der Waals surface area contributed by atoms with Gasteiger partial charge in [0.25, 0.3) is 0 Å². The number of nitrogens with zero attached hydrogens (tertiary/aromatic N) is 2. The number of aryl methyl sites for hydroxylation is 1. The molecule has 6 heteroatoms. The molecule has 0 aliphatic carbocycles. The van der Waals surface area contributed by atoms with E-state index < -0.39 is 18.3 Å². The first-order valence-electron chi connectivity index (χ1n) is 5.25. The second-order valence-corrected chi connectivity index (χ2v) is 3.90. The van der Waals surface area contributed by atoms with Crippen LogP contribution in [0.15, 0.2) is 30.5 Å². The van der Waals surface area contributed by atoms with Gasteiger partial charge in [0.2, 0.25) is 0 Å². The molecule has 0 aliphatic heterocycles. The Balaban J connectivity index is 2.52. The van der Waals surface area contributed by atoms with Crippen molar-refractivity contribution >= 4 is 0 Å². The zero-order chi connectivity index (χ0) is 13.3. The maximum atomic E-state index is 12.8. The highest BCUT2D eigenvalue weighted by molar-refractivity contribution is 5.41. The Morgan fingerprint density at radius 3 is 2.50 bits per heavy atom. The second-order valence-electron chi connectivity index (χ2n) is 3.90. The van der Waals surface area contributed by atoms with Gasteiger partial charge < -0.3 is 5.11 Å². The Bertz CT molecular complexity index is 561. The summed E-state index contributed by atoms with van der Waals surface area (Å²) in [6, 6.07) is 5.44. The highest BCUT2D eigenvalue weighted by Gasteiger charge is 2.33. The van der Waals surface area contributed by atoms with Crippen LogP contribution in [0.5, 0.6) is 0 Å². The number of aliphatic hydroxyl groups is 1. The third-order valence-electron chi connectivity index (χ3n) is 2.56. The molecular formula is C12H11F3N2O. The van der Waals surface area contributed by atoms with E-state index in [9.17, 15) is 13.2 Å². The topological polar surface area (TPSA) is 38.0 Å². The molecule has 96 valence electrons.